The highest BCUT2D eigenvalue weighted by Gasteiger charge is 2.32. The van der Waals surface area contributed by atoms with E-state index in [-0.39, 0.29) is 97.7 Å². The summed E-state index contributed by atoms with van der Waals surface area (Å²) in [6.07, 6.45) is 11.8. The summed E-state index contributed by atoms with van der Waals surface area (Å²) in [5.74, 6) is -1.23. The highest BCUT2D eigenvalue weighted by molar-refractivity contribution is 5.85. The number of carbonyl (C=O) groups excluding carboxylic acids is 8. The molecule has 0 aliphatic rings. The van der Waals surface area contributed by atoms with Gasteiger partial charge in [0.15, 0.2) is 0 Å². The van der Waals surface area contributed by atoms with Crippen LogP contribution in [-0.4, -0.2) is 162 Å². The number of urea groups is 2. The van der Waals surface area contributed by atoms with Crippen molar-refractivity contribution in [1.29, 1.82) is 0 Å². The first-order chi connectivity index (χ1) is 45.9. The van der Waals surface area contributed by atoms with Crippen LogP contribution in [0, 0.1) is 58.2 Å². The molecule has 7 N–H and O–H groups in total. The summed E-state index contributed by atoms with van der Waals surface area (Å²) in [6, 6.07) is 3.32. The standard InChI is InChI=1S/C23H31N7O10.C23H43N5O5.C11H11N3O5.2CO2/c31-21(32)9-8-19(22(33)34)25-23(35)24-10-2-1-3-11-28-14-17(26-27-28)15-40-12-4-5-16-6-7-18(29(36)37)13-20(16)30(38)39;1-21(2,3)17(12-10-11-15-25-28-24)27-20(31)26-16(19(30)33-23(7,8)9)13-14-18(29)32-22(4,5)6;1-2-6-19-7-5-12-10-4-3-9(13(15)16)8-11(10)14(17)18;2*2-1-3/h6-7,13-14,19H,1-5,8-12,15H2,(H,31,32)(H,33,34)(H2,24,25,35);16-17H,10-15H2,1-9H3,(H2,26,27,31);1,3-4,8,12H,5-7H2;;/t19-;16-,17-;;;/m00.../s1. The molecule has 0 aliphatic carbocycles. The van der Waals surface area contributed by atoms with Gasteiger partial charge in [-0.1, -0.05) is 43.4 Å². The van der Waals surface area contributed by atoms with Crippen molar-refractivity contribution in [3.8, 4) is 12.3 Å². The van der Waals surface area contributed by atoms with Gasteiger partial charge in [0.1, 0.15) is 41.3 Å². The summed E-state index contributed by atoms with van der Waals surface area (Å²) in [6.45, 7) is 19.1. The van der Waals surface area contributed by atoms with E-state index in [4.69, 9.17) is 60.3 Å². The fourth-order valence-corrected chi connectivity index (χ4v) is 7.87. The Balaban J connectivity index is 0. The minimum Gasteiger partial charge on any atom is -0.481 e. The van der Waals surface area contributed by atoms with Crippen LogP contribution in [-0.2, 0) is 76.9 Å². The molecular weight excluding hydrogens is 1300 g/mol. The van der Waals surface area contributed by atoms with Gasteiger partial charge in [0.25, 0.3) is 22.7 Å². The minimum atomic E-state index is -1.30. The van der Waals surface area contributed by atoms with Crippen LogP contribution in [0.15, 0.2) is 47.7 Å². The van der Waals surface area contributed by atoms with Crippen molar-refractivity contribution in [3.63, 3.8) is 0 Å². The first kappa shape index (κ1) is 89.0. The maximum absolute atomic E-state index is 12.8. The molecule has 0 fully saturated rings. The number of hydrogen-bond acceptors (Lipinski definition) is 26. The van der Waals surface area contributed by atoms with Crippen LogP contribution in [0.5, 0.6) is 0 Å². The van der Waals surface area contributed by atoms with Crippen LogP contribution < -0.4 is 26.6 Å². The smallest absolute Gasteiger partial charge is 0.373 e. The predicted octanol–water partition coefficient (Wildman–Crippen LogP) is 7.44. The molecule has 0 bridgehead atoms. The summed E-state index contributed by atoms with van der Waals surface area (Å²) in [4.78, 5) is 147. The molecule has 39 nitrogen and oxygen atoms in total. The average molecular weight is 1390 g/mol. The number of nitro groups is 4. The number of benzene rings is 2. The zero-order valence-corrected chi connectivity index (χ0v) is 55.8. The zero-order valence-electron chi connectivity index (χ0n) is 55.8. The number of aryl methyl sites for hydroxylation is 2. The van der Waals surface area contributed by atoms with Gasteiger partial charge in [-0.3, -0.25) is 54.7 Å². The van der Waals surface area contributed by atoms with Gasteiger partial charge in [0, 0.05) is 74.3 Å². The molecule has 0 radical (unpaired) electrons. The highest BCUT2D eigenvalue weighted by atomic mass is 16.6. The number of azide groups is 1. The molecule has 3 aromatic rings. The number of carboxylic acids is 2. The van der Waals surface area contributed by atoms with Crippen molar-refractivity contribution >= 4 is 76.7 Å². The van der Waals surface area contributed by atoms with Crippen molar-refractivity contribution in [1.82, 2.24) is 36.3 Å². The number of nitrogens with one attached hydrogen (secondary N) is 5. The summed E-state index contributed by atoms with van der Waals surface area (Å²) in [5.41, 5.74) is 6.65. The second-order valence-electron chi connectivity index (χ2n) is 23.5. The molecule has 0 saturated carbocycles. The number of aliphatic carboxylic acids is 2. The normalized spacial score (nSPS) is 11.4. The number of non-ortho nitro benzene ring substituents is 2. The highest BCUT2D eigenvalue weighted by Crippen LogP contribution is 2.29. The van der Waals surface area contributed by atoms with Crippen LogP contribution in [0.4, 0.5) is 38.0 Å². The molecule has 98 heavy (non-hydrogen) atoms. The van der Waals surface area contributed by atoms with E-state index >= 15 is 0 Å². The number of carbonyl (C=O) groups is 6. The molecule has 3 rings (SSSR count). The predicted molar refractivity (Wildman–Crippen MR) is 342 cm³/mol. The number of ether oxygens (including phenoxy) is 4. The number of unbranched alkanes of at least 4 members (excludes halogenated alkanes) is 3. The fraction of sp³-hybridized carbons (Fsp3) is 0.593. The van der Waals surface area contributed by atoms with Crippen LogP contribution in [0.3, 0.4) is 0 Å². The van der Waals surface area contributed by atoms with Gasteiger partial charge in [-0.15, -0.1) is 11.5 Å². The molecular formula is C59H85N15O24. The maximum atomic E-state index is 12.8. The first-order valence-corrected chi connectivity index (χ1v) is 30.0. The molecule has 39 heteroatoms. The van der Waals surface area contributed by atoms with Crippen LogP contribution >= 0.6 is 0 Å². The Labute approximate surface area is 562 Å². The largest absolute Gasteiger partial charge is 0.481 e. The molecule has 4 amide bonds. The lowest BCUT2D eigenvalue weighted by Crippen LogP contribution is -2.53. The van der Waals surface area contributed by atoms with E-state index in [1.54, 1.807) is 52.4 Å². The lowest BCUT2D eigenvalue weighted by atomic mass is 9.84. The van der Waals surface area contributed by atoms with E-state index in [2.05, 4.69) is 52.8 Å². The van der Waals surface area contributed by atoms with Gasteiger partial charge >= 0.3 is 48.2 Å². The number of nitro benzene ring substituents is 4. The zero-order chi connectivity index (χ0) is 75.0. The molecule has 2 aromatic carbocycles. The van der Waals surface area contributed by atoms with Crippen LogP contribution in [0.2, 0.25) is 0 Å². The summed E-state index contributed by atoms with van der Waals surface area (Å²) in [5, 5.41) is 85.8. The van der Waals surface area contributed by atoms with Crippen molar-refractivity contribution in [2.75, 3.05) is 44.8 Å². The second kappa shape index (κ2) is 48.6. The van der Waals surface area contributed by atoms with E-state index in [0.29, 0.717) is 69.7 Å². The SMILES string of the molecule is C#CCOCCNc1ccc([N+](=O)[O-])cc1[N+](=O)[O-].CC(C)(C)OC(=O)CC[C@H](NC(=O)N[C@@H](CCCCN=[N+]=[N-])C(C)(C)C)C(=O)OC(C)(C)C.O=C(O)CC[C@H](NC(=O)NCCCCCn1cc(COCCCc2ccc([N+](=O)[O-])cc2[N+](=O)[O-])nn1)C(=O)O.O=C=O.O=C=O. The molecule has 3 atom stereocenters. The minimum absolute atomic E-state index is 0.0381. The third kappa shape index (κ3) is 43.8. The first-order valence-electron chi connectivity index (χ1n) is 30.0. The van der Waals surface area contributed by atoms with E-state index in [0.717, 1.165) is 37.8 Å². The molecule has 540 valence electrons. The number of hydrogen-bond donors (Lipinski definition) is 7. The van der Waals surface area contributed by atoms with E-state index in [1.807, 2.05) is 20.8 Å². The monoisotopic (exact) mass is 1390 g/mol. The number of aromatic nitrogens is 3. The topological polar surface area (TPSA) is 560 Å². The summed E-state index contributed by atoms with van der Waals surface area (Å²) < 4.78 is 22.9. The Morgan fingerprint density at radius 3 is 1.82 bits per heavy atom. The van der Waals surface area contributed by atoms with Crippen molar-refractivity contribution < 1.29 is 96.8 Å². The third-order valence-electron chi connectivity index (χ3n) is 12.3. The van der Waals surface area contributed by atoms with Gasteiger partial charge < -0.3 is 55.7 Å². The number of terminal acetylenes is 1. The van der Waals surface area contributed by atoms with Crippen molar-refractivity contribution in [2.24, 2.45) is 10.5 Å². The summed E-state index contributed by atoms with van der Waals surface area (Å²) in [7, 11) is 0. The van der Waals surface area contributed by atoms with Gasteiger partial charge in [-0.25, -0.2) is 19.2 Å². The maximum Gasteiger partial charge on any atom is 0.373 e. The quantitative estimate of drug-likeness (QED) is 0.00431. The number of amides is 4. The molecule has 0 saturated heterocycles. The average Bonchev–Trinajstić information content (AvgIpc) is 1.06. The number of esters is 2. The van der Waals surface area contributed by atoms with Crippen molar-refractivity contribution in [3.05, 3.63) is 105 Å². The molecule has 0 aliphatic heterocycles. The molecule has 0 unspecified atom stereocenters. The molecule has 1 heterocycles. The van der Waals surface area contributed by atoms with Gasteiger partial charge in [0.05, 0.1) is 51.2 Å². The number of carboxylic acid groups (broad SMARTS) is 2. The van der Waals surface area contributed by atoms with E-state index in [1.165, 1.54) is 24.3 Å². The summed E-state index contributed by atoms with van der Waals surface area (Å²) >= 11 is 0. The molecule has 1 aromatic heterocycles. The number of nitrogens with zero attached hydrogens (tertiary/aromatic N) is 10. The lowest BCUT2D eigenvalue weighted by Gasteiger charge is -2.32. The van der Waals surface area contributed by atoms with Gasteiger partial charge in [0.2, 0.25) is 0 Å². The Bertz CT molecular complexity index is 3210. The number of anilines is 1. The Morgan fingerprint density at radius 1 is 0.694 bits per heavy atom. The van der Waals surface area contributed by atoms with E-state index in [9.17, 15) is 69.2 Å². The molecule has 0 spiro atoms. The Kier molecular flexibility index (Phi) is 44.2. The fourth-order valence-electron chi connectivity index (χ4n) is 7.87. The van der Waals surface area contributed by atoms with Crippen LogP contribution in [0.25, 0.3) is 10.4 Å². The van der Waals surface area contributed by atoms with Gasteiger partial charge in [-0.2, -0.15) is 19.2 Å². The van der Waals surface area contributed by atoms with E-state index < -0.39 is 78.9 Å². The third-order valence-corrected chi connectivity index (χ3v) is 12.3. The Morgan fingerprint density at radius 2 is 1.28 bits per heavy atom. The lowest BCUT2D eigenvalue weighted by molar-refractivity contribution is -0.394. The second-order valence-corrected chi connectivity index (χ2v) is 23.5. The van der Waals surface area contributed by atoms with Crippen LogP contribution in [0.1, 0.15) is 144 Å². The Hall–Kier alpha value is -11.0. The number of rotatable bonds is 37. The van der Waals surface area contributed by atoms with Gasteiger partial charge in [-0.05, 0) is 122 Å². The van der Waals surface area contributed by atoms with Crippen molar-refractivity contribution in [2.45, 2.75) is 182 Å².